The second kappa shape index (κ2) is 4.67. The molecule has 0 radical (unpaired) electrons. The molecule has 0 saturated carbocycles. The van der Waals surface area contributed by atoms with Crippen molar-refractivity contribution in [2.24, 2.45) is 0 Å². The molecule has 2 aromatic rings. The molecule has 0 spiro atoms. The number of hydrogen-bond acceptors (Lipinski definition) is 5. The zero-order valence-corrected chi connectivity index (χ0v) is 10.3. The number of hydrogen-bond donors (Lipinski definition) is 1. The van der Waals surface area contributed by atoms with E-state index in [0.717, 1.165) is 17.9 Å². The molecule has 6 heteroatoms. The fourth-order valence-electron chi connectivity index (χ4n) is 1.92. The molecule has 6 nitrogen and oxygen atoms in total. The van der Waals surface area contributed by atoms with Crippen LogP contribution >= 0.6 is 0 Å². The van der Waals surface area contributed by atoms with Gasteiger partial charge in [-0.15, -0.1) is 0 Å². The summed E-state index contributed by atoms with van der Waals surface area (Å²) in [5, 5.41) is 0. The lowest BCUT2D eigenvalue weighted by Crippen LogP contribution is -2.12. The Morgan fingerprint density at radius 1 is 1.41 bits per heavy atom. The Hall–Kier alpha value is -1.69. The average Bonchev–Trinajstić information content (AvgIpc) is 2.69. The first-order valence-electron chi connectivity index (χ1n) is 5.77. The van der Waals surface area contributed by atoms with Crippen molar-refractivity contribution in [3.05, 3.63) is 12.2 Å². The van der Waals surface area contributed by atoms with Gasteiger partial charge >= 0.3 is 0 Å². The topological polar surface area (TPSA) is 78.9 Å². The standard InChI is InChI=1S/C11H17N5O/c1-4-8-15-9-10(12)13-6-14-11(9)16(8)7(3)17-5-2/h6-7H,4-5H2,1-3H3,(H2,12,13,14). The molecule has 0 saturated heterocycles. The largest absolute Gasteiger partial charge is 0.382 e. The van der Waals surface area contributed by atoms with Gasteiger partial charge in [0.1, 0.15) is 18.4 Å². The molecule has 0 aliphatic heterocycles. The fraction of sp³-hybridized carbons (Fsp3) is 0.545. The van der Waals surface area contributed by atoms with Crippen molar-refractivity contribution in [2.75, 3.05) is 12.3 Å². The molecule has 2 aromatic heterocycles. The van der Waals surface area contributed by atoms with E-state index in [9.17, 15) is 0 Å². The molecule has 1 unspecified atom stereocenters. The van der Waals surface area contributed by atoms with E-state index in [2.05, 4.69) is 15.0 Å². The number of nitrogen functional groups attached to an aromatic ring is 1. The number of nitrogens with zero attached hydrogens (tertiary/aromatic N) is 4. The van der Waals surface area contributed by atoms with E-state index in [-0.39, 0.29) is 6.23 Å². The van der Waals surface area contributed by atoms with E-state index in [0.29, 0.717) is 17.9 Å². The Kier molecular flexibility index (Phi) is 3.23. The highest BCUT2D eigenvalue weighted by molar-refractivity contribution is 5.81. The third-order valence-corrected chi connectivity index (χ3v) is 2.67. The van der Waals surface area contributed by atoms with Crippen molar-refractivity contribution < 1.29 is 4.74 Å². The van der Waals surface area contributed by atoms with Crippen molar-refractivity contribution in [3.63, 3.8) is 0 Å². The fourth-order valence-corrected chi connectivity index (χ4v) is 1.92. The summed E-state index contributed by atoms with van der Waals surface area (Å²) in [6.45, 7) is 6.62. The first-order chi connectivity index (χ1) is 8.19. The molecule has 0 amide bonds. The SMILES string of the molecule is CCOC(C)n1c(CC)nc2c(N)ncnc21. The van der Waals surface area contributed by atoms with E-state index in [1.54, 1.807) is 0 Å². The molecular formula is C11H17N5O. The van der Waals surface area contributed by atoms with Gasteiger partial charge in [0.25, 0.3) is 0 Å². The summed E-state index contributed by atoms with van der Waals surface area (Å²) in [6, 6.07) is 0. The lowest BCUT2D eigenvalue weighted by molar-refractivity contribution is 0.0254. The van der Waals surface area contributed by atoms with Crippen molar-refractivity contribution in [1.29, 1.82) is 0 Å². The lowest BCUT2D eigenvalue weighted by Gasteiger charge is -2.16. The molecule has 0 aliphatic carbocycles. The van der Waals surface area contributed by atoms with Gasteiger partial charge in [0.15, 0.2) is 17.0 Å². The van der Waals surface area contributed by atoms with Crippen LogP contribution in [0.5, 0.6) is 0 Å². The second-order valence-electron chi connectivity index (χ2n) is 3.74. The Balaban J connectivity index is 2.62. The Labute approximate surface area is 99.8 Å². The molecule has 17 heavy (non-hydrogen) atoms. The normalized spacial score (nSPS) is 13.1. The van der Waals surface area contributed by atoms with Crippen LogP contribution < -0.4 is 5.73 Å². The zero-order valence-electron chi connectivity index (χ0n) is 10.3. The van der Waals surface area contributed by atoms with Gasteiger partial charge in [-0.2, -0.15) is 0 Å². The summed E-state index contributed by atoms with van der Waals surface area (Å²) < 4.78 is 7.57. The van der Waals surface area contributed by atoms with Gasteiger partial charge in [-0.05, 0) is 13.8 Å². The number of imidazole rings is 1. The molecule has 0 fully saturated rings. The zero-order chi connectivity index (χ0) is 12.4. The molecule has 92 valence electrons. The van der Waals surface area contributed by atoms with Crippen LogP contribution in [0.15, 0.2) is 6.33 Å². The van der Waals surface area contributed by atoms with Crippen LogP contribution in [0.2, 0.25) is 0 Å². The Bertz CT molecular complexity index is 522. The smallest absolute Gasteiger partial charge is 0.167 e. The number of nitrogens with two attached hydrogens (primary N) is 1. The minimum atomic E-state index is -0.103. The number of fused-ring (bicyclic) bond motifs is 1. The summed E-state index contributed by atoms with van der Waals surface area (Å²) in [7, 11) is 0. The third-order valence-electron chi connectivity index (χ3n) is 2.67. The molecule has 1 atom stereocenters. The predicted octanol–water partition coefficient (Wildman–Crippen LogP) is 1.53. The number of aromatic nitrogens is 4. The van der Waals surface area contributed by atoms with E-state index < -0.39 is 0 Å². The Morgan fingerprint density at radius 3 is 2.82 bits per heavy atom. The van der Waals surface area contributed by atoms with Gasteiger partial charge in [-0.25, -0.2) is 15.0 Å². The van der Waals surface area contributed by atoms with Crippen LogP contribution in [0.3, 0.4) is 0 Å². The van der Waals surface area contributed by atoms with Crippen LogP contribution in [0, 0.1) is 0 Å². The molecule has 2 N–H and O–H groups in total. The summed E-state index contributed by atoms with van der Waals surface area (Å²) in [6.07, 6.45) is 2.15. The van der Waals surface area contributed by atoms with Crippen LogP contribution in [0.4, 0.5) is 5.82 Å². The minimum absolute atomic E-state index is 0.103. The molecule has 0 bridgehead atoms. The Morgan fingerprint density at radius 2 is 2.18 bits per heavy atom. The molecule has 0 aromatic carbocycles. The maximum atomic E-state index is 5.80. The van der Waals surface area contributed by atoms with Gasteiger partial charge < -0.3 is 10.5 Å². The van der Waals surface area contributed by atoms with E-state index >= 15 is 0 Å². The van der Waals surface area contributed by atoms with Gasteiger partial charge in [0.05, 0.1) is 0 Å². The van der Waals surface area contributed by atoms with Crippen LogP contribution in [-0.2, 0) is 11.2 Å². The van der Waals surface area contributed by atoms with Crippen molar-refractivity contribution in [3.8, 4) is 0 Å². The van der Waals surface area contributed by atoms with Gasteiger partial charge in [-0.1, -0.05) is 6.92 Å². The van der Waals surface area contributed by atoms with Gasteiger partial charge in [0.2, 0.25) is 0 Å². The highest BCUT2D eigenvalue weighted by Crippen LogP contribution is 2.22. The summed E-state index contributed by atoms with van der Waals surface area (Å²) in [5.41, 5.74) is 7.18. The van der Waals surface area contributed by atoms with Crippen molar-refractivity contribution in [2.45, 2.75) is 33.4 Å². The van der Waals surface area contributed by atoms with Gasteiger partial charge in [-0.3, -0.25) is 4.57 Å². The van der Waals surface area contributed by atoms with Crippen molar-refractivity contribution >= 4 is 17.0 Å². The second-order valence-corrected chi connectivity index (χ2v) is 3.74. The highest BCUT2D eigenvalue weighted by Gasteiger charge is 2.17. The minimum Gasteiger partial charge on any atom is -0.382 e. The molecule has 0 aliphatic rings. The first kappa shape index (κ1) is 11.8. The van der Waals surface area contributed by atoms with Crippen LogP contribution in [0.25, 0.3) is 11.2 Å². The summed E-state index contributed by atoms with van der Waals surface area (Å²) in [4.78, 5) is 12.7. The van der Waals surface area contributed by atoms with E-state index in [1.807, 2.05) is 25.3 Å². The quantitative estimate of drug-likeness (QED) is 0.869. The van der Waals surface area contributed by atoms with Crippen LogP contribution in [0.1, 0.15) is 32.8 Å². The number of rotatable bonds is 4. The average molecular weight is 235 g/mol. The predicted molar refractivity (Wildman–Crippen MR) is 65.5 cm³/mol. The van der Waals surface area contributed by atoms with E-state index in [4.69, 9.17) is 10.5 Å². The number of anilines is 1. The first-order valence-corrected chi connectivity index (χ1v) is 5.77. The molecule has 2 rings (SSSR count). The molecule has 2 heterocycles. The monoisotopic (exact) mass is 235 g/mol. The number of aryl methyl sites for hydroxylation is 1. The number of ether oxygens (including phenoxy) is 1. The summed E-state index contributed by atoms with van der Waals surface area (Å²) >= 11 is 0. The molecular weight excluding hydrogens is 218 g/mol. The third kappa shape index (κ3) is 1.95. The van der Waals surface area contributed by atoms with E-state index in [1.165, 1.54) is 6.33 Å². The summed E-state index contributed by atoms with van der Waals surface area (Å²) in [5.74, 6) is 1.32. The maximum Gasteiger partial charge on any atom is 0.167 e. The van der Waals surface area contributed by atoms with Crippen molar-refractivity contribution in [1.82, 2.24) is 19.5 Å². The highest BCUT2D eigenvalue weighted by atomic mass is 16.5. The lowest BCUT2D eigenvalue weighted by atomic mass is 10.4. The van der Waals surface area contributed by atoms with Gasteiger partial charge in [0, 0.05) is 13.0 Å². The maximum absolute atomic E-state index is 5.80. The van der Waals surface area contributed by atoms with Crippen LogP contribution in [-0.4, -0.2) is 26.1 Å².